The average Bonchev–Trinajstić information content (AvgIpc) is 2.60. The van der Waals surface area contributed by atoms with Crippen LogP contribution in [-0.4, -0.2) is 9.55 Å². The molecule has 84 valence electrons. The van der Waals surface area contributed by atoms with Crippen LogP contribution >= 0.6 is 0 Å². The van der Waals surface area contributed by atoms with Crippen molar-refractivity contribution in [2.24, 2.45) is 5.73 Å². The van der Waals surface area contributed by atoms with Gasteiger partial charge in [0.1, 0.15) is 5.82 Å². The number of hydrogen-bond donors (Lipinski definition) is 1. The zero-order valence-corrected chi connectivity index (χ0v) is 9.37. The summed E-state index contributed by atoms with van der Waals surface area (Å²) in [5, 5.41) is 0. The summed E-state index contributed by atoms with van der Waals surface area (Å²) in [5.41, 5.74) is 9.29. The molecule has 0 saturated carbocycles. The van der Waals surface area contributed by atoms with E-state index < -0.39 is 0 Å². The van der Waals surface area contributed by atoms with Gasteiger partial charge < -0.3 is 10.3 Å². The van der Waals surface area contributed by atoms with Crippen LogP contribution < -0.4 is 5.73 Å². The first-order valence-electron chi connectivity index (χ1n) is 5.13. The lowest BCUT2D eigenvalue weighted by Gasteiger charge is -2.10. The highest BCUT2D eigenvalue weighted by molar-refractivity contribution is 5.43. The van der Waals surface area contributed by atoms with E-state index in [0.29, 0.717) is 6.54 Å². The van der Waals surface area contributed by atoms with E-state index in [1.54, 1.807) is 12.4 Å². The molecule has 1 heterocycles. The van der Waals surface area contributed by atoms with Gasteiger partial charge in [0.15, 0.2) is 0 Å². The SMILES string of the molecule is Cc1ncn(-c2ccc(F)cc2CN)c1C. The van der Waals surface area contributed by atoms with Gasteiger partial charge >= 0.3 is 0 Å². The third kappa shape index (κ3) is 1.72. The molecule has 1 aromatic carbocycles. The van der Waals surface area contributed by atoms with Crippen LogP contribution in [0.3, 0.4) is 0 Å². The van der Waals surface area contributed by atoms with E-state index in [-0.39, 0.29) is 5.82 Å². The van der Waals surface area contributed by atoms with Crippen molar-refractivity contribution >= 4 is 0 Å². The van der Waals surface area contributed by atoms with Crippen molar-refractivity contribution < 1.29 is 4.39 Å². The summed E-state index contributed by atoms with van der Waals surface area (Å²) in [5.74, 6) is -0.265. The fourth-order valence-corrected chi connectivity index (χ4v) is 1.69. The highest BCUT2D eigenvalue weighted by Crippen LogP contribution is 2.19. The Morgan fingerprint density at radius 3 is 2.69 bits per heavy atom. The summed E-state index contributed by atoms with van der Waals surface area (Å²) in [6.07, 6.45) is 1.73. The zero-order chi connectivity index (χ0) is 11.7. The molecule has 0 bridgehead atoms. The van der Waals surface area contributed by atoms with E-state index in [9.17, 15) is 4.39 Å². The first-order valence-corrected chi connectivity index (χ1v) is 5.13. The molecule has 0 aliphatic heterocycles. The minimum atomic E-state index is -0.265. The van der Waals surface area contributed by atoms with Gasteiger partial charge in [0.05, 0.1) is 17.7 Å². The Morgan fingerprint density at radius 2 is 2.12 bits per heavy atom. The molecule has 1 aromatic heterocycles. The van der Waals surface area contributed by atoms with E-state index in [1.807, 2.05) is 18.4 Å². The van der Waals surface area contributed by atoms with Crippen molar-refractivity contribution in [3.8, 4) is 5.69 Å². The van der Waals surface area contributed by atoms with Crippen LogP contribution in [0, 0.1) is 19.7 Å². The van der Waals surface area contributed by atoms with Gasteiger partial charge in [-0.3, -0.25) is 0 Å². The zero-order valence-electron chi connectivity index (χ0n) is 9.37. The van der Waals surface area contributed by atoms with Gasteiger partial charge in [0, 0.05) is 12.2 Å². The smallest absolute Gasteiger partial charge is 0.123 e. The molecule has 0 aliphatic rings. The number of benzene rings is 1. The standard InChI is InChI=1S/C12H14FN3/c1-8-9(2)16(7-15-8)12-4-3-11(13)5-10(12)6-14/h3-5,7H,6,14H2,1-2H3. The number of aryl methyl sites for hydroxylation is 1. The monoisotopic (exact) mass is 219 g/mol. The number of halogens is 1. The quantitative estimate of drug-likeness (QED) is 0.840. The predicted molar refractivity (Wildman–Crippen MR) is 60.9 cm³/mol. The maximum absolute atomic E-state index is 13.1. The normalized spacial score (nSPS) is 10.8. The molecular weight excluding hydrogens is 205 g/mol. The Labute approximate surface area is 93.7 Å². The Bertz CT molecular complexity index is 517. The molecule has 0 atom stereocenters. The Kier molecular flexibility index (Phi) is 2.75. The van der Waals surface area contributed by atoms with Crippen LogP contribution in [-0.2, 0) is 6.54 Å². The summed E-state index contributed by atoms with van der Waals surface area (Å²) in [4.78, 5) is 4.22. The van der Waals surface area contributed by atoms with Crippen molar-refractivity contribution in [3.05, 3.63) is 47.3 Å². The molecule has 0 aliphatic carbocycles. The maximum atomic E-state index is 13.1. The third-order valence-corrected chi connectivity index (χ3v) is 2.77. The first kappa shape index (κ1) is 10.8. The average molecular weight is 219 g/mol. The van der Waals surface area contributed by atoms with Crippen molar-refractivity contribution in [1.82, 2.24) is 9.55 Å². The predicted octanol–water partition coefficient (Wildman–Crippen LogP) is 2.09. The van der Waals surface area contributed by atoms with Gasteiger partial charge in [0.2, 0.25) is 0 Å². The fourth-order valence-electron chi connectivity index (χ4n) is 1.69. The van der Waals surface area contributed by atoms with Crippen LogP contribution in [0.25, 0.3) is 5.69 Å². The number of nitrogens with two attached hydrogens (primary N) is 1. The molecule has 0 spiro atoms. The Hall–Kier alpha value is -1.68. The van der Waals surface area contributed by atoms with Crippen LogP contribution in [0.1, 0.15) is 17.0 Å². The molecule has 16 heavy (non-hydrogen) atoms. The molecule has 0 amide bonds. The first-order chi connectivity index (χ1) is 7.63. The summed E-state index contributed by atoms with van der Waals surface area (Å²) in [6, 6.07) is 4.62. The van der Waals surface area contributed by atoms with E-state index in [2.05, 4.69) is 4.98 Å². The fraction of sp³-hybridized carbons (Fsp3) is 0.250. The molecular formula is C12H14FN3. The second kappa shape index (κ2) is 4.06. The molecule has 0 fully saturated rings. The molecule has 3 nitrogen and oxygen atoms in total. The van der Waals surface area contributed by atoms with E-state index in [0.717, 1.165) is 22.6 Å². The number of imidazole rings is 1. The minimum absolute atomic E-state index is 0.265. The van der Waals surface area contributed by atoms with Crippen LogP contribution in [0.5, 0.6) is 0 Å². The van der Waals surface area contributed by atoms with E-state index in [1.165, 1.54) is 12.1 Å². The van der Waals surface area contributed by atoms with Crippen LogP contribution in [0.4, 0.5) is 4.39 Å². The molecule has 2 rings (SSSR count). The summed E-state index contributed by atoms with van der Waals surface area (Å²) in [7, 11) is 0. The lowest BCUT2D eigenvalue weighted by atomic mass is 10.1. The van der Waals surface area contributed by atoms with E-state index >= 15 is 0 Å². The van der Waals surface area contributed by atoms with Crippen molar-refractivity contribution in [2.75, 3.05) is 0 Å². The topological polar surface area (TPSA) is 43.8 Å². The number of nitrogens with zero attached hydrogens (tertiary/aromatic N) is 2. The summed E-state index contributed by atoms with van der Waals surface area (Å²) in [6.45, 7) is 4.23. The molecule has 0 saturated heterocycles. The second-order valence-electron chi connectivity index (χ2n) is 3.76. The molecule has 0 unspecified atom stereocenters. The molecule has 0 radical (unpaired) electrons. The maximum Gasteiger partial charge on any atom is 0.123 e. The molecule has 4 heteroatoms. The lowest BCUT2D eigenvalue weighted by Crippen LogP contribution is -2.05. The summed E-state index contributed by atoms with van der Waals surface area (Å²) >= 11 is 0. The van der Waals surface area contributed by atoms with Gasteiger partial charge in [-0.2, -0.15) is 0 Å². The van der Waals surface area contributed by atoms with Gasteiger partial charge in [-0.05, 0) is 37.6 Å². The second-order valence-corrected chi connectivity index (χ2v) is 3.76. The molecule has 2 aromatic rings. The number of rotatable bonds is 2. The van der Waals surface area contributed by atoms with Gasteiger partial charge in [-0.1, -0.05) is 0 Å². The van der Waals surface area contributed by atoms with Crippen molar-refractivity contribution in [2.45, 2.75) is 20.4 Å². The Morgan fingerprint density at radius 1 is 1.38 bits per heavy atom. The van der Waals surface area contributed by atoms with Crippen molar-refractivity contribution in [3.63, 3.8) is 0 Å². The van der Waals surface area contributed by atoms with Gasteiger partial charge in [-0.25, -0.2) is 9.37 Å². The lowest BCUT2D eigenvalue weighted by molar-refractivity contribution is 0.624. The van der Waals surface area contributed by atoms with Crippen LogP contribution in [0.15, 0.2) is 24.5 Å². The summed E-state index contributed by atoms with van der Waals surface area (Å²) < 4.78 is 15.0. The highest BCUT2D eigenvalue weighted by Gasteiger charge is 2.08. The Balaban J connectivity index is 2.59. The highest BCUT2D eigenvalue weighted by atomic mass is 19.1. The third-order valence-electron chi connectivity index (χ3n) is 2.77. The largest absolute Gasteiger partial charge is 0.326 e. The van der Waals surface area contributed by atoms with Crippen molar-refractivity contribution in [1.29, 1.82) is 0 Å². The number of hydrogen-bond acceptors (Lipinski definition) is 2. The van der Waals surface area contributed by atoms with Crippen LogP contribution in [0.2, 0.25) is 0 Å². The van der Waals surface area contributed by atoms with E-state index in [4.69, 9.17) is 5.73 Å². The minimum Gasteiger partial charge on any atom is -0.326 e. The van der Waals surface area contributed by atoms with Gasteiger partial charge in [0.25, 0.3) is 0 Å². The number of aromatic nitrogens is 2. The molecule has 2 N–H and O–H groups in total. The van der Waals surface area contributed by atoms with Gasteiger partial charge in [-0.15, -0.1) is 0 Å².